The van der Waals surface area contributed by atoms with Crippen molar-refractivity contribution in [3.8, 4) is 11.5 Å². The molecule has 0 fully saturated rings. The topological polar surface area (TPSA) is 70.7 Å². The molecule has 0 atom stereocenters. The van der Waals surface area contributed by atoms with Gasteiger partial charge in [-0.05, 0) is 35.9 Å². The van der Waals surface area contributed by atoms with Crippen LogP contribution in [0.15, 0.2) is 50.4 Å². The molecule has 0 spiro atoms. The lowest BCUT2D eigenvalue weighted by Crippen LogP contribution is -2.32. The summed E-state index contributed by atoms with van der Waals surface area (Å²) in [5.74, 6) is 0.527. The van der Waals surface area contributed by atoms with Gasteiger partial charge in [0, 0.05) is 5.02 Å². The van der Waals surface area contributed by atoms with Crippen molar-refractivity contribution in [3.05, 3.63) is 67.9 Å². The van der Waals surface area contributed by atoms with E-state index in [4.69, 9.17) is 25.5 Å². The van der Waals surface area contributed by atoms with Crippen LogP contribution >= 0.6 is 11.6 Å². The van der Waals surface area contributed by atoms with E-state index in [1.807, 2.05) is 0 Å². The first-order chi connectivity index (χ1) is 11.6. The van der Waals surface area contributed by atoms with Gasteiger partial charge in [-0.3, -0.25) is 4.79 Å². The molecule has 0 bridgehead atoms. The molecule has 6 nitrogen and oxygen atoms in total. The highest BCUT2D eigenvalue weighted by Crippen LogP contribution is 2.30. The maximum absolute atomic E-state index is 12.6. The molecule has 122 valence electrons. The van der Waals surface area contributed by atoms with Crippen LogP contribution in [0.25, 0.3) is 11.0 Å². The number of hydrogen-bond acceptors (Lipinski definition) is 5. The fourth-order valence-corrected chi connectivity index (χ4v) is 2.81. The van der Waals surface area contributed by atoms with Crippen LogP contribution in [0.5, 0.6) is 11.5 Å². The van der Waals surface area contributed by atoms with Crippen molar-refractivity contribution < 1.29 is 13.9 Å². The maximum atomic E-state index is 12.6. The smallest absolute Gasteiger partial charge is 0.422 e. The first kappa shape index (κ1) is 14.8. The summed E-state index contributed by atoms with van der Waals surface area (Å²) in [6.45, 7) is 1.04. The first-order valence-electron chi connectivity index (χ1n) is 7.33. The lowest BCUT2D eigenvalue weighted by Gasteiger charge is -2.18. The zero-order valence-corrected chi connectivity index (χ0v) is 13.2. The first-order valence-corrected chi connectivity index (χ1v) is 7.71. The third kappa shape index (κ3) is 2.55. The van der Waals surface area contributed by atoms with E-state index < -0.39 is 11.3 Å². The zero-order chi connectivity index (χ0) is 16.7. The van der Waals surface area contributed by atoms with Crippen molar-refractivity contribution in [1.29, 1.82) is 0 Å². The normalized spacial score (nSPS) is 13.2. The minimum atomic E-state index is -0.718. The second-order valence-electron chi connectivity index (χ2n) is 5.38. The molecule has 1 aliphatic rings. The van der Waals surface area contributed by atoms with Crippen molar-refractivity contribution in [3.63, 3.8) is 0 Å². The average molecular weight is 346 g/mol. The second kappa shape index (κ2) is 5.72. The largest absolute Gasteiger partial charge is 0.486 e. The highest BCUT2D eigenvalue weighted by Gasteiger charge is 2.14. The van der Waals surface area contributed by atoms with Crippen molar-refractivity contribution >= 4 is 22.6 Å². The number of rotatable bonds is 2. The van der Waals surface area contributed by atoms with E-state index >= 15 is 0 Å². The van der Waals surface area contributed by atoms with E-state index in [9.17, 15) is 9.59 Å². The van der Waals surface area contributed by atoms with Gasteiger partial charge in [-0.15, -0.1) is 0 Å². The summed E-state index contributed by atoms with van der Waals surface area (Å²) in [6.07, 6.45) is 0. The number of halogens is 1. The Hall–Kier alpha value is -2.73. The molecule has 7 heteroatoms. The molecule has 0 amide bonds. The second-order valence-corrected chi connectivity index (χ2v) is 5.81. The Bertz CT molecular complexity index is 1050. The Labute approximate surface area is 140 Å². The van der Waals surface area contributed by atoms with Crippen LogP contribution in [0.2, 0.25) is 5.02 Å². The van der Waals surface area contributed by atoms with Gasteiger partial charge in [0.2, 0.25) is 0 Å². The molecule has 0 saturated heterocycles. The number of fused-ring (bicyclic) bond motifs is 2. The van der Waals surface area contributed by atoms with E-state index in [1.54, 1.807) is 24.3 Å². The molecule has 3 aromatic rings. The minimum absolute atomic E-state index is 0.0697. The maximum Gasteiger partial charge on any atom is 0.422 e. The van der Waals surface area contributed by atoms with Crippen LogP contribution in [0, 0.1) is 0 Å². The van der Waals surface area contributed by atoms with Gasteiger partial charge in [-0.2, -0.15) is 0 Å². The Morgan fingerprint density at radius 3 is 2.62 bits per heavy atom. The standard InChI is InChI=1S/C17H12ClNO5/c18-11-2-4-13-12(8-11)16(20)19(17(21)24-13)9-10-1-3-14-15(7-10)23-6-5-22-14/h1-4,7-8H,5-6,9H2. The van der Waals surface area contributed by atoms with Crippen LogP contribution in [-0.2, 0) is 6.54 Å². The zero-order valence-electron chi connectivity index (χ0n) is 12.5. The molecule has 2 heterocycles. The predicted molar refractivity (Wildman–Crippen MR) is 88.3 cm³/mol. The Morgan fingerprint density at radius 1 is 1.00 bits per heavy atom. The quantitative estimate of drug-likeness (QED) is 0.713. The molecule has 0 saturated carbocycles. The average Bonchev–Trinajstić information content (AvgIpc) is 2.59. The summed E-state index contributed by atoms with van der Waals surface area (Å²) in [5.41, 5.74) is 0.501. The van der Waals surface area contributed by atoms with Gasteiger partial charge in [-0.1, -0.05) is 17.7 Å². The van der Waals surface area contributed by atoms with Crippen LogP contribution < -0.4 is 20.8 Å². The van der Waals surface area contributed by atoms with E-state index in [0.29, 0.717) is 29.7 Å². The Morgan fingerprint density at radius 2 is 1.79 bits per heavy atom. The van der Waals surface area contributed by atoms with E-state index in [-0.39, 0.29) is 17.5 Å². The van der Waals surface area contributed by atoms with Crippen LogP contribution in [0.4, 0.5) is 0 Å². The number of hydrogen-bond donors (Lipinski definition) is 0. The summed E-state index contributed by atoms with van der Waals surface area (Å²) in [6, 6.07) is 9.85. The van der Waals surface area contributed by atoms with Gasteiger partial charge in [0.05, 0.1) is 11.9 Å². The van der Waals surface area contributed by atoms with Gasteiger partial charge in [0.1, 0.15) is 18.8 Å². The lowest BCUT2D eigenvalue weighted by molar-refractivity contribution is 0.171. The summed E-state index contributed by atoms with van der Waals surface area (Å²) in [4.78, 5) is 24.7. The summed E-state index contributed by atoms with van der Waals surface area (Å²) < 4.78 is 17.2. The number of benzene rings is 2. The lowest BCUT2D eigenvalue weighted by atomic mass is 10.2. The van der Waals surface area contributed by atoms with Gasteiger partial charge < -0.3 is 13.9 Å². The SMILES string of the molecule is O=c1oc2ccc(Cl)cc2c(=O)n1Cc1ccc2c(c1)OCCO2. The molecule has 2 aromatic carbocycles. The van der Waals surface area contributed by atoms with Gasteiger partial charge >= 0.3 is 5.76 Å². The van der Waals surface area contributed by atoms with Crippen LogP contribution in [0.3, 0.4) is 0 Å². The molecule has 24 heavy (non-hydrogen) atoms. The third-order valence-electron chi connectivity index (χ3n) is 3.78. The fraction of sp³-hybridized carbons (Fsp3) is 0.176. The monoisotopic (exact) mass is 345 g/mol. The highest BCUT2D eigenvalue weighted by molar-refractivity contribution is 6.31. The molecule has 0 radical (unpaired) electrons. The summed E-state index contributed by atoms with van der Waals surface area (Å²) in [7, 11) is 0. The molecule has 0 unspecified atom stereocenters. The molecule has 4 rings (SSSR count). The van der Waals surface area contributed by atoms with Crippen molar-refractivity contribution in [1.82, 2.24) is 4.57 Å². The summed E-state index contributed by atoms with van der Waals surface area (Å²) in [5, 5.41) is 0.666. The van der Waals surface area contributed by atoms with E-state index in [1.165, 1.54) is 12.1 Å². The molecular formula is C17H12ClNO5. The fourth-order valence-electron chi connectivity index (χ4n) is 2.64. The van der Waals surface area contributed by atoms with Crippen molar-refractivity contribution in [2.75, 3.05) is 13.2 Å². The number of nitrogens with zero attached hydrogens (tertiary/aromatic N) is 1. The molecule has 1 aromatic heterocycles. The Kier molecular flexibility index (Phi) is 3.54. The minimum Gasteiger partial charge on any atom is -0.486 e. The van der Waals surface area contributed by atoms with Crippen LogP contribution in [0.1, 0.15) is 5.56 Å². The van der Waals surface area contributed by atoms with Gasteiger partial charge in [-0.25, -0.2) is 9.36 Å². The van der Waals surface area contributed by atoms with Gasteiger partial charge in [0.15, 0.2) is 11.5 Å². The molecule has 1 aliphatic heterocycles. The van der Waals surface area contributed by atoms with E-state index in [2.05, 4.69) is 0 Å². The molecule has 0 N–H and O–H groups in total. The Balaban J connectivity index is 1.80. The summed E-state index contributed by atoms with van der Waals surface area (Å²) >= 11 is 5.92. The van der Waals surface area contributed by atoms with Crippen molar-refractivity contribution in [2.24, 2.45) is 0 Å². The molecule has 0 aliphatic carbocycles. The van der Waals surface area contributed by atoms with E-state index in [0.717, 1.165) is 10.1 Å². The molecular weight excluding hydrogens is 334 g/mol. The highest BCUT2D eigenvalue weighted by atomic mass is 35.5. The van der Waals surface area contributed by atoms with Gasteiger partial charge in [0.25, 0.3) is 5.56 Å². The number of ether oxygens (including phenoxy) is 2. The van der Waals surface area contributed by atoms with Crippen molar-refractivity contribution in [2.45, 2.75) is 6.54 Å². The third-order valence-corrected chi connectivity index (χ3v) is 4.02. The predicted octanol–water partition coefficient (Wildman–Crippen LogP) is 2.43. The van der Waals surface area contributed by atoms with Crippen LogP contribution in [-0.4, -0.2) is 17.8 Å². The number of aromatic nitrogens is 1.